The molecular formula is C23H29BrN4O5. The fraction of sp³-hybridized carbons (Fsp3) is 0.522. The highest BCUT2D eigenvalue weighted by atomic mass is 79.9. The van der Waals surface area contributed by atoms with E-state index >= 15 is 0 Å². The van der Waals surface area contributed by atoms with E-state index in [9.17, 15) is 24.0 Å². The van der Waals surface area contributed by atoms with Gasteiger partial charge in [0.05, 0.1) is 11.1 Å². The second-order valence-electron chi connectivity index (χ2n) is 8.16. The van der Waals surface area contributed by atoms with Gasteiger partial charge in [-0.3, -0.25) is 34.2 Å². The number of alkyl halides is 1. The van der Waals surface area contributed by atoms with E-state index in [0.717, 1.165) is 42.3 Å². The van der Waals surface area contributed by atoms with Gasteiger partial charge < -0.3 is 10.6 Å². The SMILES string of the molecule is O=C(CCCBr)NCCCCCCNc1cccc2c1C(=O)N(C1CCC(=O)NC1=O)C2=O. The molecule has 0 saturated carbocycles. The lowest BCUT2D eigenvalue weighted by Gasteiger charge is -2.27. The highest BCUT2D eigenvalue weighted by Gasteiger charge is 2.45. The van der Waals surface area contributed by atoms with Crippen molar-refractivity contribution in [1.82, 2.24) is 15.5 Å². The molecule has 1 saturated heterocycles. The summed E-state index contributed by atoms with van der Waals surface area (Å²) in [6.45, 7) is 1.31. The van der Waals surface area contributed by atoms with Gasteiger partial charge in [0.25, 0.3) is 11.8 Å². The topological polar surface area (TPSA) is 125 Å². The van der Waals surface area contributed by atoms with E-state index in [1.165, 1.54) is 0 Å². The largest absolute Gasteiger partial charge is 0.384 e. The number of hydrogen-bond acceptors (Lipinski definition) is 6. The number of nitrogens with one attached hydrogen (secondary N) is 3. The van der Waals surface area contributed by atoms with Crippen molar-refractivity contribution >= 4 is 51.2 Å². The molecule has 1 aromatic rings. The molecule has 3 rings (SSSR count). The maximum absolute atomic E-state index is 13.0. The molecule has 0 bridgehead atoms. The number of rotatable bonds is 12. The average Bonchev–Trinajstić information content (AvgIpc) is 3.05. The number of hydrogen-bond donors (Lipinski definition) is 3. The lowest BCUT2D eigenvalue weighted by Crippen LogP contribution is -2.54. The van der Waals surface area contributed by atoms with Crippen molar-refractivity contribution in [2.75, 3.05) is 23.7 Å². The molecule has 0 spiro atoms. The Morgan fingerprint density at radius 2 is 1.79 bits per heavy atom. The van der Waals surface area contributed by atoms with Crippen molar-refractivity contribution in [3.8, 4) is 0 Å². The molecule has 1 fully saturated rings. The number of imide groups is 2. The first kappa shape index (κ1) is 24.9. The van der Waals surface area contributed by atoms with E-state index in [4.69, 9.17) is 0 Å². The van der Waals surface area contributed by atoms with Crippen molar-refractivity contribution < 1.29 is 24.0 Å². The molecule has 1 atom stereocenters. The predicted molar refractivity (Wildman–Crippen MR) is 126 cm³/mol. The molecule has 0 radical (unpaired) electrons. The standard InChI is InChI=1S/C23H29BrN4O5/c24-12-6-9-18(29)26-14-4-2-1-3-13-25-16-8-5-7-15-20(16)23(33)28(22(15)32)17-10-11-19(30)27-21(17)31/h5,7-8,17,25H,1-4,6,9-14H2,(H,26,29)(H,27,30,31). The third-order valence-electron chi connectivity index (χ3n) is 5.75. The van der Waals surface area contributed by atoms with E-state index in [0.29, 0.717) is 25.2 Å². The fourth-order valence-electron chi connectivity index (χ4n) is 4.03. The van der Waals surface area contributed by atoms with Gasteiger partial charge in [-0.05, 0) is 37.8 Å². The Kier molecular flexibility index (Phi) is 8.99. The minimum atomic E-state index is -0.970. The monoisotopic (exact) mass is 520 g/mol. The van der Waals surface area contributed by atoms with Crippen LogP contribution in [0.15, 0.2) is 18.2 Å². The highest BCUT2D eigenvalue weighted by molar-refractivity contribution is 9.09. The number of anilines is 1. The summed E-state index contributed by atoms with van der Waals surface area (Å²) in [5.74, 6) is -1.95. The lowest BCUT2D eigenvalue weighted by molar-refractivity contribution is -0.136. The zero-order chi connectivity index (χ0) is 23.8. The van der Waals surface area contributed by atoms with E-state index in [1.54, 1.807) is 18.2 Å². The van der Waals surface area contributed by atoms with Crippen LogP contribution in [0.1, 0.15) is 72.1 Å². The average molecular weight is 521 g/mol. The van der Waals surface area contributed by atoms with Crippen LogP contribution in [0.5, 0.6) is 0 Å². The molecule has 2 aliphatic rings. The number of amides is 5. The first-order valence-electron chi connectivity index (χ1n) is 11.3. The lowest BCUT2D eigenvalue weighted by atomic mass is 10.0. The summed E-state index contributed by atoms with van der Waals surface area (Å²) in [5.41, 5.74) is 1.11. The molecule has 1 unspecified atom stereocenters. The molecule has 0 aromatic heterocycles. The van der Waals surface area contributed by atoms with Gasteiger partial charge in [0.15, 0.2) is 0 Å². The molecule has 0 aliphatic carbocycles. The fourth-order valence-corrected chi connectivity index (χ4v) is 4.31. The van der Waals surface area contributed by atoms with E-state index in [2.05, 4.69) is 31.9 Å². The Morgan fingerprint density at radius 3 is 2.52 bits per heavy atom. The molecule has 2 aliphatic heterocycles. The number of unbranched alkanes of at least 4 members (excludes halogenated alkanes) is 3. The van der Waals surface area contributed by atoms with Crippen molar-refractivity contribution in [2.45, 2.75) is 57.4 Å². The summed E-state index contributed by atoms with van der Waals surface area (Å²) >= 11 is 3.31. The quantitative estimate of drug-likeness (QED) is 0.220. The van der Waals surface area contributed by atoms with Gasteiger partial charge >= 0.3 is 0 Å². The van der Waals surface area contributed by atoms with Crippen LogP contribution in [0.2, 0.25) is 0 Å². The van der Waals surface area contributed by atoms with Crippen LogP contribution < -0.4 is 16.0 Å². The maximum atomic E-state index is 13.0. The van der Waals surface area contributed by atoms with Gasteiger partial charge in [-0.1, -0.05) is 34.8 Å². The van der Waals surface area contributed by atoms with Gasteiger partial charge in [0.2, 0.25) is 17.7 Å². The molecule has 9 nitrogen and oxygen atoms in total. The van der Waals surface area contributed by atoms with E-state index in [-0.39, 0.29) is 29.9 Å². The number of nitrogens with zero attached hydrogens (tertiary/aromatic N) is 1. The number of carbonyl (C=O) groups excluding carboxylic acids is 5. The minimum absolute atomic E-state index is 0.0830. The summed E-state index contributed by atoms with van der Waals surface area (Å²) in [6, 6.07) is 4.07. The smallest absolute Gasteiger partial charge is 0.264 e. The van der Waals surface area contributed by atoms with E-state index in [1.807, 2.05) is 0 Å². The predicted octanol–water partition coefficient (Wildman–Crippen LogP) is 2.35. The Morgan fingerprint density at radius 1 is 1.03 bits per heavy atom. The van der Waals surface area contributed by atoms with Crippen molar-refractivity contribution in [3.63, 3.8) is 0 Å². The summed E-state index contributed by atoms with van der Waals surface area (Å²) in [5, 5.41) is 9.18. The van der Waals surface area contributed by atoms with Gasteiger partial charge in [0, 0.05) is 36.9 Å². The van der Waals surface area contributed by atoms with Gasteiger partial charge in [-0.25, -0.2) is 0 Å². The Hall–Kier alpha value is -2.75. The van der Waals surface area contributed by atoms with Crippen molar-refractivity contribution in [1.29, 1.82) is 0 Å². The summed E-state index contributed by atoms with van der Waals surface area (Å²) in [6.07, 6.45) is 5.33. The second kappa shape index (κ2) is 11.9. The molecule has 2 heterocycles. The van der Waals surface area contributed by atoms with Crippen LogP contribution >= 0.6 is 15.9 Å². The molecule has 3 N–H and O–H groups in total. The third kappa shape index (κ3) is 6.19. The molecular weight excluding hydrogens is 492 g/mol. The van der Waals surface area contributed by atoms with Crippen LogP contribution in [-0.4, -0.2) is 58.9 Å². The van der Waals surface area contributed by atoms with Crippen molar-refractivity contribution in [3.05, 3.63) is 29.3 Å². The summed E-state index contributed by atoms with van der Waals surface area (Å²) in [7, 11) is 0. The Balaban J connectivity index is 1.47. The Labute approximate surface area is 201 Å². The number of carbonyl (C=O) groups is 5. The van der Waals surface area contributed by atoms with Crippen LogP contribution in [0, 0.1) is 0 Å². The highest BCUT2D eigenvalue weighted by Crippen LogP contribution is 2.32. The zero-order valence-corrected chi connectivity index (χ0v) is 20.0. The van der Waals surface area contributed by atoms with Gasteiger partial charge in [-0.15, -0.1) is 0 Å². The maximum Gasteiger partial charge on any atom is 0.264 e. The van der Waals surface area contributed by atoms with Crippen LogP contribution in [0.4, 0.5) is 5.69 Å². The molecule has 1 aromatic carbocycles. The van der Waals surface area contributed by atoms with Crippen LogP contribution in [-0.2, 0) is 14.4 Å². The van der Waals surface area contributed by atoms with E-state index < -0.39 is 29.7 Å². The minimum Gasteiger partial charge on any atom is -0.384 e. The Bertz CT molecular complexity index is 935. The third-order valence-corrected chi connectivity index (χ3v) is 6.31. The number of halogens is 1. The number of benzene rings is 1. The molecule has 33 heavy (non-hydrogen) atoms. The summed E-state index contributed by atoms with van der Waals surface area (Å²) in [4.78, 5) is 62.0. The zero-order valence-electron chi connectivity index (χ0n) is 18.5. The van der Waals surface area contributed by atoms with Gasteiger partial charge in [-0.2, -0.15) is 0 Å². The molecule has 178 valence electrons. The van der Waals surface area contributed by atoms with Crippen LogP contribution in [0.25, 0.3) is 0 Å². The second-order valence-corrected chi connectivity index (χ2v) is 8.95. The first-order chi connectivity index (χ1) is 15.9. The molecule has 5 amide bonds. The molecule has 10 heteroatoms. The first-order valence-corrected chi connectivity index (χ1v) is 12.5. The van der Waals surface area contributed by atoms with Gasteiger partial charge in [0.1, 0.15) is 6.04 Å². The number of piperidine rings is 1. The number of fused-ring (bicyclic) bond motifs is 1. The van der Waals surface area contributed by atoms with Crippen LogP contribution in [0.3, 0.4) is 0 Å². The summed E-state index contributed by atoms with van der Waals surface area (Å²) < 4.78 is 0. The van der Waals surface area contributed by atoms with Crippen molar-refractivity contribution in [2.24, 2.45) is 0 Å². The normalized spacial score (nSPS) is 17.7.